The first kappa shape index (κ1) is 13.3. The van der Waals surface area contributed by atoms with E-state index in [1.165, 1.54) is 5.57 Å². The maximum atomic E-state index is 12.6. The highest BCUT2D eigenvalue weighted by atomic mass is 16.5. The van der Waals surface area contributed by atoms with Crippen LogP contribution in [0, 0.1) is 23.7 Å². The molecule has 106 valence electrons. The number of allylic oxidation sites excluding steroid dienone is 1. The quantitative estimate of drug-likeness (QED) is 0.794. The van der Waals surface area contributed by atoms with Crippen molar-refractivity contribution in [2.24, 2.45) is 23.7 Å². The molecular formula is C15H22O4. The number of Topliss-reactive ketones (excluding diaryl/α,β-unsaturated/α-hetero) is 1. The van der Waals surface area contributed by atoms with E-state index in [9.17, 15) is 15.0 Å². The van der Waals surface area contributed by atoms with Crippen LogP contribution >= 0.6 is 0 Å². The van der Waals surface area contributed by atoms with Gasteiger partial charge in [0.1, 0.15) is 0 Å². The first-order valence-corrected chi connectivity index (χ1v) is 7.32. The largest absolute Gasteiger partial charge is 0.396 e. The summed E-state index contributed by atoms with van der Waals surface area (Å²) in [4.78, 5) is 12.6. The first-order chi connectivity index (χ1) is 9.19. The van der Waals surface area contributed by atoms with E-state index in [0.29, 0.717) is 0 Å². The van der Waals surface area contributed by atoms with E-state index >= 15 is 0 Å². The lowest BCUT2D eigenvalue weighted by atomic mass is 9.68. The summed E-state index contributed by atoms with van der Waals surface area (Å²) in [5, 5.41) is 19.1. The van der Waals surface area contributed by atoms with Gasteiger partial charge in [-0.25, -0.2) is 0 Å². The molecule has 2 aliphatic heterocycles. The highest BCUT2D eigenvalue weighted by Gasteiger charge is 2.64. The Bertz CT molecular complexity index is 428. The normalized spacial score (nSPS) is 44.3. The van der Waals surface area contributed by atoms with Crippen LogP contribution in [0.4, 0.5) is 0 Å². The molecule has 6 atom stereocenters. The van der Waals surface area contributed by atoms with Gasteiger partial charge in [-0.05, 0) is 18.4 Å². The van der Waals surface area contributed by atoms with E-state index < -0.39 is 0 Å². The Hall–Kier alpha value is -0.710. The van der Waals surface area contributed by atoms with Crippen LogP contribution in [0.1, 0.15) is 26.7 Å². The van der Waals surface area contributed by atoms with Gasteiger partial charge in [-0.1, -0.05) is 19.4 Å². The number of ether oxygens (including phenoxy) is 1. The van der Waals surface area contributed by atoms with Gasteiger partial charge in [-0.15, -0.1) is 0 Å². The van der Waals surface area contributed by atoms with E-state index in [1.807, 2.05) is 6.92 Å². The van der Waals surface area contributed by atoms with Gasteiger partial charge in [0.2, 0.25) is 0 Å². The van der Waals surface area contributed by atoms with E-state index in [2.05, 4.69) is 6.92 Å². The summed E-state index contributed by atoms with van der Waals surface area (Å²) in [5.41, 5.74) is 2.21. The number of carbonyl (C=O) groups excluding carboxylic acids is 1. The number of aliphatic hydroxyl groups is 2. The van der Waals surface area contributed by atoms with Crippen LogP contribution in [0.2, 0.25) is 0 Å². The molecule has 3 rings (SSSR count). The van der Waals surface area contributed by atoms with Gasteiger partial charge in [0.25, 0.3) is 0 Å². The number of aliphatic hydroxyl groups excluding tert-OH is 2. The van der Waals surface area contributed by atoms with Crippen molar-refractivity contribution in [2.75, 3.05) is 13.2 Å². The third kappa shape index (κ3) is 1.54. The Morgan fingerprint density at radius 1 is 1.00 bits per heavy atom. The number of rotatable bonds is 4. The molecule has 4 nitrogen and oxygen atoms in total. The van der Waals surface area contributed by atoms with Crippen molar-refractivity contribution in [1.82, 2.24) is 0 Å². The molecule has 0 spiro atoms. The predicted molar refractivity (Wildman–Crippen MR) is 69.4 cm³/mol. The molecule has 0 aromatic rings. The number of hydrogen-bond donors (Lipinski definition) is 2. The minimum absolute atomic E-state index is 0.00812. The molecule has 0 aromatic heterocycles. The van der Waals surface area contributed by atoms with E-state index in [0.717, 1.165) is 18.4 Å². The van der Waals surface area contributed by atoms with Crippen molar-refractivity contribution in [2.45, 2.75) is 38.9 Å². The molecule has 1 aliphatic carbocycles. The minimum atomic E-state index is -0.199. The second-order valence-electron chi connectivity index (χ2n) is 5.88. The molecule has 0 amide bonds. The van der Waals surface area contributed by atoms with Crippen molar-refractivity contribution in [3.63, 3.8) is 0 Å². The molecule has 2 bridgehead atoms. The Labute approximate surface area is 113 Å². The number of hydrogen-bond acceptors (Lipinski definition) is 4. The third-order valence-electron chi connectivity index (χ3n) is 5.35. The summed E-state index contributed by atoms with van der Waals surface area (Å²) >= 11 is 0. The fourth-order valence-corrected chi connectivity index (χ4v) is 4.60. The zero-order chi connectivity index (χ0) is 13.7. The molecule has 0 unspecified atom stereocenters. The van der Waals surface area contributed by atoms with Gasteiger partial charge in [-0.3, -0.25) is 4.79 Å². The highest BCUT2D eigenvalue weighted by Crippen LogP contribution is 2.57. The van der Waals surface area contributed by atoms with Crippen molar-refractivity contribution in [1.29, 1.82) is 0 Å². The van der Waals surface area contributed by atoms with Gasteiger partial charge in [0.15, 0.2) is 5.78 Å². The molecule has 4 heteroatoms. The Morgan fingerprint density at radius 3 is 2.05 bits per heavy atom. The van der Waals surface area contributed by atoms with E-state index in [-0.39, 0.29) is 54.9 Å². The molecule has 0 radical (unpaired) electrons. The van der Waals surface area contributed by atoms with Crippen LogP contribution in [0.3, 0.4) is 0 Å². The van der Waals surface area contributed by atoms with Crippen molar-refractivity contribution < 1.29 is 19.7 Å². The van der Waals surface area contributed by atoms with Crippen molar-refractivity contribution >= 4 is 5.78 Å². The second-order valence-corrected chi connectivity index (χ2v) is 5.88. The zero-order valence-corrected chi connectivity index (χ0v) is 11.5. The monoisotopic (exact) mass is 266 g/mol. The third-order valence-corrected chi connectivity index (χ3v) is 5.35. The standard InChI is InChI=1S/C15H22O4/c1-3-7-8(4-2)13(18)12-11(7)14-9(5-16)10(6-17)15(12)19-14/h9-12,14-17H,3-6H2,1-2H3/t9-,10+,11+,12+,14-,15+/m1/s1. The average Bonchev–Trinajstić information content (AvgIpc) is 3.05. The summed E-state index contributed by atoms with van der Waals surface area (Å²) < 4.78 is 5.97. The smallest absolute Gasteiger partial charge is 0.165 e. The van der Waals surface area contributed by atoms with Crippen LogP contribution in [0.5, 0.6) is 0 Å². The van der Waals surface area contributed by atoms with E-state index in [4.69, 9.17) is 4.74 Å². The predicted octanol–water partition coefficient (Wildman–Crippen LogP) is 0.916. The number of ketones is 1. The molecular weight excluding hydrogens is 244 g/mol. The summed E-state index contributed by atoms with van der Waals surface area (Å²) in [7, 11) is 0. The van der Waals surface area contributed by atoms with Crippen LogP contribution in [-0.2, 0) is 9.53 Å². The van der Waals surface area contributed by atoms with Crippen molar-refractivity contribution in [3.05, 3.63) is 11.1 Å². The maximum Gasteiger partial charge on any atom is 0.165 e. The molecule has 2 N–H and O–H groups in total. The summed E-state index contributed by atoms with van der Waals surface area (Å²) in [6.07, 6.45) is 1.38. The van der Waals surface area contributed by atoms with Crippen LogP contribution in [0.15, 0.2) is 11.1 Å². The number of carbonyl (C=O) groups is 1. The molecule has 0 saturated carbocycles. The van der Waals surface area contributed by atoms with Gasteiger partial charge < -0.3 is 14.9 Å². The minimum Gasteiger partial charge on any atom is -0.396 e. The fraction of sp³-hybridized carbons (Fsp3) is 0.800. The van der Waals surface area contributed by atoms with Crippen LogP contribution in [0.25, 0.3) is 0 Å². The summed E-state index contributed by atoms with van der Waals surface area (Å²) in [6, 6.07) is 0. The first-order valence-electron chi connectivity index (χ1n) is 7.32. The highest BCUT2D eigenvalue weighted by molar-refractivity contribution is 6.02. The molecule has 2 heterocycles. The van der Waals surface area contributed by atoms with Crippen LogP contribution in [-0.4, -0.2) is 41.4 Å². The topological polar surface area (TPSA) is 66.8 Å². The summed E-state index contributed by atoms with van der Waals surface area (Å²) in [5.74, 6) is 0.162. The average molecular weight is 266 g/mol. The summed E-state index contributed by atoms with van der Waals surface area (Å²) in [6.45, 7) is 4.14. The lowest BCUT2D eigenvalue weighted by molar-refractivity contribution is -0.121. The zero-order valence-electron chi connectivity index (χ0n) is 11.5. The van der Waals surface area contributed by atoms with Gasteiger partial charge in [0.05, 0.1) is 18.1 Å². The SMILES string of the molecule is CCC1=C(CC)[C@@H]2[C@@H]3O[C@@H]([C@@H](CO)[C@H]3CO)[C@@H]2C1=O. The van der Waals surface area contributed by atoms with Crippen LogP contribution < -0.4 is 0 Å². The lowest BCUT2D eigenvalue weighted by Crippen LogP contribution is -2.43. The number of fused-ring (bicyclic) bond motifs is 5. The second kappa shape index (κ2) is 4.69. The van der Waals surface area contributed by atoms with E-state index in [1.54, 1.807) is 0 Å². The Kier molecular flexibility index (Phi) is 3.28. The Morgan fingerprint density at radius 2 is 1.58 bits per heavy atom. The van der Waals surface area contributed by atoms with Gasteiger partial charge >= 0.3 is 0 Å². The van der Waals surface area contributed by atoms with Gasteiger partial charge in [0, 0.05) is 31.0 Å². The molecule has 0 aromatic carbocycles. The molecule has 3 aliphatic rings. The fourth-order valence-electron chi connectivity index (χ4n) is 4.60. The van der Waals surface area contributed by atoms with Crippen molar-refractivity contribution in [3.8, 4) is 0 Å². The van der Waals surface area contributed by atoms with Gasteiger partial charge in [-0.2, -0.15) is 0 Å². The molecule has 19 heavy (non-hydrogen) atoms. The Balaban J connectivity index is 1.99. The maximum absolute atomic E-state index is 12.6. The molecule has 2 fully saturated rings. The lowest BCUT2D eigenvalue weighted by Gasteiger charge is -2.33. The molecule has 2 saturated heterocycles.